The van der Waals surface area contributed by atoms with Crippen molar-refractivity contribution in [1.29, 1.82) is 0 Å². The second-order valence-corrected chi connectivity index (χ2v) is 20.1. The summed E-state index contributed by atoms with van der Waals surface area (Å²) in [4.78, 5) is 135. The van der Waals surface area contributed by atoms with Crippen molar-refractivity contribution in [2.45, 2.75) is 172 Å². The van der Waals surface area contributed by atoms with Crippen molar-refractivity contribution in [3.05, 3.63) is 65.7 Å². The molecule has 2 rings (SSSR count). The smallest absolute Gasteiger partial charge is 0.303 e. The van der Waals surface area contributed by atoms with E-state index in [4.69, 9.17) is 17.2 Å². The Morgan fingerprint density at radius 1 is 0.557 bits per heavy atom. The molecule has 8 amide bonds. The number of hydrogen-bond donors (Lipinski definition) is 15. The molecule has 0 unspecified atom stereocenters. The first-order chi connectivity index (χ1) is 37.5. The zero-order chi connectivity index (χ0) is 59.2. The fraction of sp³-hybridized carbons (Fsp3) is 0.593. The number of aliphatic hydroxyl groups is 2. The maximum atomic E-state index is 14.4. The number of amides is 8. The molecule has 0 radical (unpaired) electrons. The van der Waals surface area contributed by atoms with Gasteiger partial charge >= 0.3 is 5.97 Å². The molecule has 0 aliphatic heterocycles. The number of nitrogens with two attached hydrogens (primary N) is 3. The number of aldehydes is 1. The third kappa shape index (κ3) is 25.1. The molecule has 2 aromatic rings. The van der Waals surface area contributed by atoms with Crippen molar-refractivity contribution in [3.63, 3.8) is 0 Å². The Labute approximate surface area is 461 Å². The van der Waals surface area contributed by atoms with E-state index in [0.29, 0.717) is 69.0 Å². The molecule has 0 aliphatic carbocycles. The molecule has 440 valence electrons. The van der Waals surface area contributed by atoms with Gasteiger partial charge in [-0.3, -0.25) is 43.2 Å². The van der Waals surface area contributed by atoms with E-state index < -0.39 is 139 Å². The number of carboxylic acid groups (broad SMARTS) is 1. The van der Waals surface area contributed by atoms with E-state index in [1.165, 1.54) is 24.3 Å². The molecule has 0 aromatic heterocycles. The van der Waals surface area contributed by atoms with E-state index in [2.05, 4.69) is 42.5 Å². The van der Waals surface area contributed by atoms with Gasteiger partial charge < -0.3 is 85.0 Å². The van der Waals surface area contributed by atoms with Gasteiger partial charge in [-0.2, -0.15) is 0 Å². The standard InChI is InChI=1S/C54H85N11O14/c1-6-32(4)45(64-51(76)40(26-31(2)3)60-47(72)38(57)17-11-13-25-56)53(78)59-39(22-23-44(70)71)48(73)65-46(33(5)68)54(79)62-42(28-35-18-20-37(69)21-19-35)49(74)61-41(27-34-14-8-7-9-15-34)50(75)63-43(30-67)52(77)58-36(29-66)16-10-12-24-55/h7-9,14-15,18-21,29,31-33,36,38-43,45-46,67-69H,6,10-13,16-17,22-28,30,55-57H2,1-5H3,(H,58,77)(H,59,78)(H,60,72)(H,61,74)(H,62,79)(H,63,75)(H,64,76)(H,65,73)(H,70,71)/t32-,33+,36-,38-,39-,40-,41-,42-,43-,45-,46-/m0/s1. The molecule has 0 saturated carbocycles. The summed E-state index contributed by atoms with van der Waals surface area (Å²) in [7, 11) is 0. The van der Waals surface area contributed by atoms with Crippen LogP contribution in [0.1, 0.15) is 110 Å². The van der Waals surface area contributed by atoms with Crippen molar-refractivity contribution in [2.24, 2.45) is 29.0 Å². The number of carbonyl (C=O) groups excluding carboxylic acids is 9. The molecule has 79 heavy (non-hydrogen) atoms. The SMILES string of the molecule is CC[C@H](C)[C@H](NC(=O)[C@H](CC(C)C)NC(=O)[C@@H](N)CCCCN)C(=O)N[C@@H](CCC(=O)O)C(=O)N[C@H](C(=O)N[C@@H](Cc1ccc(O)cc1)C(=O)N[C@@H](Cc1ccccc1)C(=O)N[C@@H](CO)C(=O)N[C@H](C=O)CCCCN)[C@@H](C)O. The molecule has 0 spiro atoms. The number of nitrogens with one attached hydrogen (secondary N) is 8. The maximum absolute atomic E-state index is 14.4. The van der Waals surface area contributed by atoms with Crippen LogP contribution >= 0.6 is 0 Å². The van der Waals surface area contributed by atoms with Crippen LogP contribution in [0.2, 0.25) is 0 Å². The van der Waals surface area contributed by atoms with Crippen LogP contribution < -0.4 is 59.7 Å². The lowest BCUT2D eigenvalue weighted by molar-refractivity contribution is -0.139. The van der Waals surface area contributed by atoms with Gasteiger partial charge in [0.05, 0.1) is 24.8 Å². The fourth-order valence-corrected chi connectivity index (χ4v) is 8.14. The summed E-state index contributed by atoms with van der Waals surface area (Å²) in [6, 6.07) is 1.38. The highest BCUT2D eigenvalue weighted by Gasteiger charge is 2.37. The number of carboxylic acids is 1. The van der Waals surface area contributed by atoms with E-state index >= 15 is 0 Å². The van der Waals surface area contributed by atoms with E-state index in [1.807, 2.05) is 13.8 Å². The van der Waals surface area contributed by atoms with Gasteiger partial charge in [0.25, 0.3) is 0 Å². The number of phenolic OH excluding ortho intramolecular Hbond substituents is 1. The van der Waals surface area contributed by atoms with Crippen LogP contribution in [0.25, 0.3) is 0 Å². The lowest BCUT2D eigenvalue weighted by Gasteiger charge is -2.30. The highest BCUT2D eigenvalue weighted by molar-refractivity contribution is 5.98. The zero-order valence-electron chi connectivity index (χ0n) is 45.9. The van der Waals surface area contributed by atoms with Crippen LogP contribution in [-0.4, -0.2) is 160 Å². The van der Waals surface area contributed by atoms with E-state index in [9.17, 15) is 68.4 Å². The van der Waals surface area contributed by atoms with Crippen molar-refractivity contribution >= 4 is 59.5 Å². The van der Waals surface area contributed by atoms with Crippen LogP contribution in [0, 0.1) is 11.8 Å². The Bertz CT molecular complexity index is 2270. The van der Waals surface area contributed by atoms with E-state index in [0.717, 1.165) is 6.92 Å². The van der Waals surface area contributed by atoms with Crippen molar-refractivity contribution in [2.75, 3.05) is 19.7 Å². The molecule has 11 atom stereocenters. The normalized spacial score (nSPS) is 15.4. The molecule has 0 saturated heterocycles. The lowest BCUT2D eigenvalue weighted by atomic mass is 9.96. The Balaban J connectivity index is 2.49. The summed E-state index contributed by atoms with van der Waals surface area (Å²) < 4.78 is 0. The first kappa shape index (κ1) is 68.0. The number of aromatic hydroxyl groups is 1. The highest BCUT2D eigenvalue weighted by atomic mass is 16.4. The topological polar surface area (TPSA) is 426 Å². The minimum atomic E-state index is -1.88. The van der Waals surface area contributed by atoms with Crippen molar-refractivity contribution in [1.82, 2.24) is 42.5 Å². The largest absolute Gasteiger partial charge is 0.508 e. The number of phenols is 1. The average molecular weight is 1110 g/mol. The third-order valence-electron chi connectivity index (χ3n) is 13.0. The number of rotatable bonds is 38. The summed E-state index contributed by atoms with van der Waals surface area (Å²) in [5.74, 6) is -9.46. The van der Waals surface area contributed by atoms with Gasteiger partial charge in [0.2, 0.25) is 47.3 Å². The Kier molecular flexibility index (Phi) is 31.2. The molecular formula is C54H85N11O14. The summed E-state index contributed by atoms with van der Waals surface area (Å²) in [5.41, 5.74) is 18.1. The van der Waals surface area contributed by atoms with Crippen LogP contribution in [0.15, 0.2) is 54.6 Å². The Hall–Kier alpha value is -7.06. The Morgan fingerprint density at radius 3 is 1.54 bits per heavy atom. The van der Waals surface area contributed by atoms with Gasteiger partial charge in [0.15, 0.2) is 0 Å². The number of carbonyl (C=O) groups is 10. The van der Waals surface area contributed by atoms with Crippen molar-refractivity contribution in [3.8, 4) is 5.75 Å². The summed E-state index contributed by atoms with van der Waals surface area (Å²) in [6.45, 7) is 8.07. The molecule has 0 fully saturated rings. The van der Waals surface area contributed by atoms with Crippen LogP contribution in [-0.2, 0) is 60.8 Å². The predicted molar refractivity (Wildman–Crippen MR) is 292 cm³/mol. The third-order valence-corrected chi connectivity index (χ3v) is 13.0. The number of hydrogen-bond acceptors (Lipinski definition) is 16. The monoisotopic (exact) mass is 1110 g/mol. The number of aliphatic carboxylic acids is 1. The fourth-order valence-electron chi connectivity index (χ4n) is 8.14. The maximum Gasteiger partial charge on any atom is 0.303 e. The number of benzene rings is 2. The van der Waals surface area contributed by atoms with Gasteiger partial charge in [-0.25, -0.2) is 0 Å². The molecule has 2 aromatic carbocycles. The number of unbranched alkanes of at least 4 members (excludes halogenated alkanes) is 2. The average Bonchev–Trinajstić information content (AvgIpc) is 3.43. The minimum absolute atomic E-state index is 0.0995. The number of aliphatic hydroxyl groups excluding tert-OH is 2. The lowest BCUT2D eigenvalue weighted by Crippen LogP contribution is -2.62. The van der Waals surface area contributed by atoms with Crippen molar-refractivity contribution < 1.29 is 68.4 Å². The second-order valence-electron chi connectivity index (χ2n) is 20.1. The van der Waals surface area contributed by atoms with E-state index in [1.54, 1.807) is 44.2 Å². The van der Waals surface area contributed by atoms with Gasteiger partial charge in [-0.15, -0.1) is 0 Å². The van der Waals surface area contributed by atoms with Gasteiger partial charge in [-0.1, -0.05) is 83.0 Å². The first-order valence-electron chi connectivity index (χ1n) is 26.8. The van der Waals surface area contributed by atoms with Gasteiger partial charge in [0, 0.05) is 19.3 Å². The van der Waals surface area contributed by atoms with E-state index in [-0.39, 0.29) is 37.4 Å². The predicted octanol–water partition coefficient (Wildman–Crippen LogP) is -1.83. The molecule has 0 heterocycles. The molecule has 25 nitrogen and oxygen atoms in total. The first-order valence-corrected chi connectivity index (χ1v) is 26.8. The summed E-state index contributed by atoms with van der Waals surface area (Å²) in [6.07, 6.45) is 0.526. The quantitative estimate of drug-likeness (QED) is 0.0260. The molecular weight excluding hydrogens is 1030 g/mol. The highest BCUT2D eigenvalue weighted by Crippen LogP contribution is 2.15. The van der Waals surface area contributed by atoms with Crippen LogP contribution in [0.4, 0.5) is 0 Å². The van der Waals surface area contributed by atoms with Crippen LogP contribution in [0.3, 0.4) is 0 Å². The molecule has 0 aliphatic rings. The minimum Gasteiger partial charge on any atom is -0.508 e. The van der Waals surface area contributed by atoms with Gasteiger partial charge in [-0.05, 0) is 100 Å². The zero-order valence-corrected chi connectivity index (χ0v) is 45.9. The summed E-state index contributed by atoms with van der Waals surface area (Å²) in [5, 5.41) is 61.0. The Morgan fingerprint density at radius 2 is 1.03 bits per heavy atom. The molecule has 18 N–H and O–H groups in total. The van der Waals surface area contributed by atoms with Gasteiger partial charge in [0.1, 0.15) is 54.3 Å². The van der Waals surface area contributed by atoms with Crippen LogP contribution in [0.5, 0.6) is 5.75 Å². The molecule has 0 bridgehead atoms. The second kappa shape index (κ2) is 36.2. The molecule has 25 heteroatoms. The summed E-state index contributed by atoms with van der Waals surface area (Å²) >= 11 is 0.